The summed E-state index contributed by atoms with van der Waals surface area (Å²) in [6.07, 6.45) is 6.55. The molecule has 46 heavy (non-hydrogen) atoms. The third-order valence-corrected chi connectivity index (χ3v) is 10.1. The number of hydrogen-bond donors (Lipinski definition) is 4. The number of aromatic nitrogens is 1. The number of pyridine rings is 1. The zero-order valence-electron chi connectivity index (χ0n) is 26.2. The van der Waals surface area contributed by atoms with Crippen LogP contribution in [0.1, 0.15) is 57.1 Å². The number of nitrogens with two attached hydrogens (primary N) is 1. The molecular weight excluding hydrogens is 651 g/mol. The molecule has 4 heterocycles. The number of hydrogen-bond acceptors (Lipinski definition) is 10. The fourth-order valence-corrected chi connectivity index (χ4v) is 7.58. The molecule has 16 heteroatoms. The van der Waals surface area contributed by atoms with Crippen molar-refractivity contribution in [2.24, 2.45) is 20.3 Å². The standard InChI is InChI=1S/C30H42Cl2N10O3S/c1-3-5-10-34-28-29(39-46(44,45)38-28)36-22-16-26(32)30(35-17-22)41-13-14-42(23(4-2)19-41)24-8-11-40(12-9-24)18-20-6-7-21(31)15-25(20)27(33)37-43/h6-7,15-17,23-24,43H,3-5,8-14,18-19H2,1-2H3,(H2,33,37)(H,34,38)(H,36,39)/t23-/m0/s1. The number of nitrogens with one attached hydrogen (secondary N) is 2. The van der Waals surface area contributed by atoms with Crippen molar-refractivity contribution >= 4 is 62.4 Å². The van der Waals surface area contributed by atoms with E-state index in [0.29, 0.717) is 52.3 Å². The van der Waals surface area contributed by atoms with E-state index < -0.39 is 10.2 Å². The van der Waals surface area contributed by atoms with Crippen LogP contribution in [0.5, 0.6) is 0 Å². The summed E-state index contributed by atoms with van der Waals surface area (Å²) in [4.78, 5) is 16.3. The van der Waals surface area contributed by atoms with Gasteiger partial charge in [-0.05, 0) is 62.5 Å². The maximum atomic E-state index is 12.1. The van der Waals surface area contributed by atoms with E-state index in [-0.39, 0.29) is 17.5 Å². The first-order valence-electron chi connectivity index (χ1n) is 15.7. The Bertz CT molecular complexity index is 1600. The van der Waals surface area contributed by atoms with Gasteiger partial charge in [0.25, 0.3) is 0 Å². The van der Waals surface area contributed by atoms with Gasteiger partial charge < -0.3 is 21.2 Å². The molecule has 5 N–H and O–H groups in total. The highest BCUT2D eigenvalue weighted by Crippen LogP contribution is 2.31. The van der Waals surface area contributed by atoms with Crippen LogP contribution in [-0.2, 0) is 16.8 Å². The molecule has 250 valence electrons. The van der Waals surface area contributed by atoms with Gasteiger partial charge in [0.1, 0.15) is 5.82 Å². The smallest absolute Gasteiger partial charge is 0.345 e. The molecular formula is C30H42Cl2N10O3S. The lowest BCUT2D eigenvalue weighted by molar-refractivity contribution is 0.0610. The van der Waals surface area contributed by atoms with Crippen LogP contribution in [0.4, 0.5) is 11.5 Å². The summed E-state index contributed by atoms with van der Waals surface area (Å²) in [5.41, 5.74) is 8.10. The first-order valence-corrected chi connectivity index (χ1v) is 17.9. The minimum atomic E-state index is -3.83. The van der Waals surface area contributed by atoms with Crippen molar-refractivity contribution in [3.63, 3.8) is 0 Å². The second-order valence-electron chi connectivity index (χ2n) is 11.8. The van der Waals surface area contributed by atoms with Crippen molar-refractivity contribution in [2.45, 2.75) is 64.6 Å². The normalized spacial score (nSPS) is 22.2. The van der Waals surface area contributed by atoms with Crippen molar-refractivity contribution in [1.29, 1.82) is 0 Å². The van der Waals surface area contributed by atoms with Crippen molar-refractivity contribution in [3.8, 4) is 0 Å². The average molecular weight is 694 g/mol. The second-order valence-corrected chi connectivity index (χ2v) is 14.0. The van der Waals surface area contributed by atoms with E-state index in [1.807, 2.05) is 19.1 Å². The Morgan fingerprint density at radius 2 is 1.96 bits per heavy atom. The van der Waals surface area contributed by atoms with Crippen molar-refractivity contribution in [3.05, 3.63) is 51.6 Å². The second kappa shape index (κ2) is 15.2. The molecule has 1 aromatic carbocycles. The summed E-state index contributed by atoms with van der Waals surface area (Å²) in [6.45, 7) is 9.90. The molecule has 0 unspecified atom stereocenters. The number of rotatable bonds is 10. The predicted molar refractivity (Wildman–Crippen MR) is 185 cm³/mol. The Hall–Kier alpha value is -3.17. The summed E-state index contributed by atoms with van der Waals surface area (Å²) >= 11 is 12.9. The van der Waals surface area contributed by atoms with E-state index in [1.54, 1.807) is 18.3 Å². The van der Waals surface area contributed by atoms with E-state index >= 15 is 0 Å². The molecule has 3 aliphatic rings. The minimum absolute atomic E-state index is 0.0638. The highest BCUT2D eigenvalue weighted by molar-refractivity contribution is 7.89. The molecule has 0 aliphatic carbocycles. The number of piperazine rings is 1. The number of amidine groups is 3. The fraction of sp³-hybridized carbons (Fsp3) is 0.533. The van der Waals surface area contributed by atoms with Crippen LogP contribution in [0.2, 0.25) is 10.0 Å². The highest BCUT2D eigenvalue weighted by Gasteiger charge is 2.34. The van der Waals surface area contributed by atoms with Crippen LogP contribution >= 0.6 is 23.2 Å². The van der Waals surface area contributed by atoms with E-state index in [0.717, 1.165) is 70.4 Å². The third kappa shape index (κ3) is 8.21. The first-order chi connectivity index (χ1) is 22.1. The largest absolute Gasteiger partial charge is 0.409 e. The Morgan fingerprint density at radius 3 is 2.65 bits per heavy atom. The van der Waals surface area contributed by atoms with Gasteiger partial charge in [-0.2, -0.15) is 8.42 Å². The Labute approximate surface area is 280 Å². The topological polar surface area (TPSA) is 164 Å². The van der Waals surface area contributed by atoms with Gasteiger partial charge in [-0.25, -0.2) is 9.71 Å². The highest BCUT2D eigenvalue weighted by atomic mass is 35.5. The van der Waals surface area contributed by atoms with Crippen molar-refractivity contribution in [2.75, 3.05) is 49.5 Å². The van der Waals surface area contributed by atoms with Crippen LogP contribution < -0.4 is 20.7 Å². The number of halogens is 2. The van der Waals surface area contributed by atoms with Crippen LogP contribution in [-0.4, -0.2) is 97.3 Å². The van der Waals surface area contributed by atoms with Gasteiger partial charge in [0, 0.05) is 55.4 Å². The molecule has 1 aromatic heterocycles. The summed E-state index contributed by atoms with van der Waals surface area (Å²) in [5.74, 6) is 1.09. The number of piperidine rings is 1. The van der Waals surface area contributed by atoms with Gasteiger partial charge in [-0.15, -0.1) is 4.40 Å². The Balaban J connectivity index is 1.18. The number of benzene rings is 1. The van der Waals surface area contributed by atoms with Gasteiger partial charge in [-0.3, -0.25) is 14.8 Å². The number of nitrogens with zero attached hydrogens (tertiary/aromatic N) is 7. The lowest BCUT2D eigenvalue weighted by atomic mass is 9.97. The lowest BCUT2D eigenvalue weighted by Crippen LogP contribution is -2.58. The number of unbranched alkanes of at least 4 members (excludes halogenated alkanes) is 1. The summed E-state index contributed by atoms with van der Waals surface area (Å²) in [7, 11) is -3.83. The molecule has 3 aliphatic heterocycles. The van der Waals surface area contributed by atoms with Crippen LogP contribution in [0.3, 0.4) is 0 Å². The number of oxime groups is 1. The van der Waals surface area contributed by atoms with Crippen LogP contribution in [0.15, 0.2) is 45.0 Å². The molecule has 0 bridgehead atoms. The molecule has 0 spiro atoms. The summed E-state index contributed by atoms with van der Waals surface area (Å²) in [6, 6.07) is 8.11. The molecule has 2 fully saturated rings. The molecule has 2 aromatic rings. The SMILES string of the molecule is CCCCN=C1NS(=O)(=O)N=C1Nc1cnc(N2CCN(C3CCN(Cc4ccc(Cl)cc4/C(N)=N/O)CC3)[C@@H](CC)C2)c(Cl)c1. The monoisotopic (exact) mass is 692 g/mol. The van der Waals surface area contributed by atoms with Crippen LogP contribution in [0.25, 0.3) is 0 Å². The first kappa shape index (κ1) is 34.2. The predicted octanol–water partition coefficient (Wildman–Crippen LogP) is 3.91. The van der Waals surface area contributed by atoms with Gasteiger partial charge in [-0.1, -0.05) is 54.7 Å². The van der Waals surface area contributed by atoms with E-state index in [1.165, 1.54) is 0 Å². The number of likely N-dealkylation sites (tertiary alicyclic amines) is 1. The maximum Gasteiger partial charge on any atom is 0.345 e. The quantitative estimate of drug-likeness (QED) is 0.0950. The summed E-state index contributed by atoms with van der Waals surface area (Å²) in [5, 5.41) is 16.4. The van der Waals surface area contributed by atoms with E-state index in [4.69, 9.17) is 28.9 Å². The third-order valence-electron chi connectivity index (χ3n) is 8.70. The van der Waals surface area contributed by atoms with Gasteiger partial charge >= 0.3 is 10.2 Å². The minimum Gasteiger partial charge on any atom is -0.409 e. The molecule has 2 saturated heterocycles. The van der Waals surface area contributed by atoms with Crippen LogP contribution in [0, 0.1) is 0 Å². The van der Waals surface area contributed by atoms with Gasteiger partial charge in [0.2, 0.25) is 0 Å². The van der Waals surface area contributed by atoms with Gasteiger partial charge in [0.05, 0.1) is 16.9 Å². The molecule has 0 amide bonds. The average Bonchev–Trinajstić information content (AvgIpc) is 3.34. The maximum absolute atomic E-state index is 12.1. The Morgan fingerprint density at radius 1 is 1.17 bits per heavy atom. The molecule has 13 nitrogen and oxygen atoms in total. The zero-order chi connectivity index (χ0) is 32.8. The molecule has 1 atom stereocenters. The van der Waals surface area contributed by atoms with Crippen molar-refractivity contribution < 1.29 is 13.6 Å². The molecule has 5 rings (SSSR count). The fourth-order valence-electron chi connectivity index (χ4n) is 6.30. The van der Waals surface area contributed by atoms with E-state index in [9.17, 15) is 13.6 Å². The molecule has 0 radical (unpaired) electrons. The summed E-state index contributed by atoms with van der Waals surface area (Å²) < 4.78 is 30.2. The number of anilines is 2. The van der Waals surface area contributed by atoms with Gasteiger partial charge in [0.15, 0.2) is 17.5 Å². The van der Waals surface area contributed by atoms with Crippen molar-refractivity contribution in [1.82, 2.24) is 19.5 Å². The Kier molecular flexibility index (Phi) is 11.3. The van der Waals surface area contributed by atoms with E-state index in [2.05, 4.69) is 51.2 Å². The lowest BCUT2D eigenvalue weighted by Gasteiger charge is -2.47. The molecule has 0 saturated carbocycles. The number of aliphatic imine (C=N–C) groups is 1. The zero-order valence-corrected chi connectivity index (χ0v) is 28.5.